The maximum Gasteiger partial charge on any atom is 0.412 e. The summed E-state index contributed by atoms with van der Waals surface area (Å²) in [5.41, 5.74) is 5.87. The standard InChI is InChI=1S/C22H22N4O2S/c1-4-26-13-23-18-11-16(7-10-19(18)26)12-28-22(27)25-20-15(3)24-21(29-20)17-8-5-14(2)6-9-17/h5-11,13H,4,12H2,1-3H3,(H,25,27). The molecule has 0 aliphatic carbocycles. The first kappa shape index (κ1) is 19.1. The minimum Gasteiger partial charge on any atom is -0.444 e. The van der Waals surface area contributed by atoms with Crippen LogP contribution in [0.15, 0.2) is 48.8 Å². The fourth-order valence-electron chi connectivity index (χ4n) is 3.06. The average Bonchev–Trinajstić information content (AvgIpc) is 3.30. The summed E-state index contributed by atoms with van der Waals surface area (Å²) in [5.74, 6) is 0. The summed E-state index contributed by atoms with van der Waals surface area (Å²) in [4.78, 5) is 21.2. The van der Waals surface area contributed by atoms with Gasteiger partial charge in [-0.3, -0.25) is 5.32 Å². The molecule has 0 saturated heterocycles. The molecule has 148 valence electrons. The maximum atomic E-state index is 12.3. The van der Waals surface area contributed by atoms with Crippen molar-refractivity contribution in [2.45, 2.75) is 33.9 Å². The number of carbonyl (C=O) groups is 1. The summed E-state index contributed by atoms with van der Waals surface area (Å²) in [6.45, 7) is 7.06. The van der Waals surface area contributed by atoms with Crippen LogP contribution in [0.1, 0.15) is 23.7 Å². The van der Waals surface area contributed by atoms with E-state index in [-0.39, 0.29) is 6.61 Å². The molecule has 0 unspecified atom stereocenters. The summed E-state index contributed by atoms with van der Waals surface area (Å²) in [6.07, 6.45) is 1.33. The third-order valence-corrected chi connectivity index (χ3v) is 5.83. The zero-order chi connectivity index (χ0) is 20.4. The van der Waals surface area contributed by atoms with Crippen molar-refractivity contribution < 1.29 is 9.53 Å². The molecule has 1 amide bonds. The van der Waals surface area contributed by atoms with E-state index in [0.717, 1.165) is 39.4 Å². The molecule has 0 spiro atoms. The summed E-state index contributed by atoms with van der Waals surface area (Å²) in [6, 6.07) is 14.1. The number of anilines is 1. The van der Waals surface area contributed by atoms with Crippen LogP contribution in [0, 0.1) is 13.8 Å². The van der Waals surface area contributed by atoms with Crippen molar-refractivity contribution in [1.29, 1.82) is 0 Å². The smallest absolute Gasteiger partial charge is 0.412 e. The number of imidazole rings is 1. The average molecular weight is 407 g/mol. The highest BCUT2D eigenvalue weighted by molar-refractivity contribution is 7.19. The van der Waals surface area contributed by atoms with Crippen LogP contribution in [0.5, 0.6) is 0 Å². The summed E-state index contributed by atoms with van der Waals surface area (Å²) < 4.78 is 7.47. The molecule has 6 nitrogen and oxygen atoms in total. The number of fused-ring (bicyclic) bond motifs is 1. The fraction of sp³-hybridized carbons (Fsp3) is 0.227. The molecule has 2 heterocycles. The quantitative estimate of drug-likeness (QED) is 0.472. The number of nitrogens with one attached hydrogen (secondary N) is 1. The Kier molecular flexibility index (Phi) is 5.31. The van der Waals surface area contributed by atoms with Gasteiger partial charge >= 0.3 is 6.09 Å². The second kappa shape index (κ2) is 8.05. The van der Waals surface area contributed by atoms with Gasteiger partial charge in [-0.1, -0.05) is 47.2 Å². The molecule has 29 heavy (non-hydrogen) atoms. The minimum absolute atomic E-state index is 0.184. The summed E-state index contributed by atoms with van der Waals surface area (Å²) in [5, 5.41) is 4.37. The first-order valence-electron chi connectivity index (χ1n) is 9.45. The Balaban J connectivity index is 1.40. The van der Waals surface area contributed by atoms with Crippen molar-refractivity contribution in [1.82, 2.24) is 14.5 Å². The molecule has 1 N–H and O–H groups in total. The van der Waals surface area contributed by atoms with E-state index in [0.29, 0.717) is 5.00 Å². The van der Waals surface area contributed by atoms with E-state index in [1.165, 1.54) is 16.9 Å². The van der Waals surface area contributed by atoms with Crippen molar-refractivity contribution in [3.63, 3.8) is 0 Å². The largest absolute Gasteiger partial charge is 0.444 e. The molecule has 0 atom stereocenters. The van der Waals surface area contributed by atoms with Gasteiger partial charge < -0.3 is 9.30 Å². The molecular weight excluding hydrogens is 384 g/mol. The third kappa shape index (κ3) is 4.14. The van der Waals surface area contributed by atoms with E-state index in [9.17, 15) is 4.79 Å². The second-order valence-corrected chi connectivity index (χ2v) is 7.85. The van der Waals surface area contributed by atoms with E-state index in [2.05, 4.69) is 26.8 Å². The van der Waals surface area contributed by atoms with Crippen molar-refractivity contribution in [2.24, 2.45) is 0 Å². The Labute approximate surface area is 173 Å². The van der Waals surface area contributed by atoms with Gasteiger partial charge in [0.2, 0.25) is 0 Å². The van der Waals surface area contributed by atoms with Gasteiger partial charge in [0.05, 0.1) is 23.1 Å². The molecule has 0 saturated carbocycles. The lowest BCUT2D eigenvalue weighted by Gasteiger charge is -2.06. The topological polar surface area (TPSA) is 69.0 Å². The zero-order valence-electron chi connectivity index (χ0n) is 16.6. The second-order valence-electron chi connectivity index (χ2n) is 6.85. The normalized spacial score (nSPS) is 11.0. The van der Waals surface area contributed by atoms with Crippen LogP contribution >= 0.6 is 11.3 Å². The Morgan fingerprint density at radius 1 is 1.17 bits per heavy atom. The number of benzene rings is 2. The minimum atomic E-state index is -0.494. The molecule has 4 aromatic rings. The van der Waals surface area contributed by atoms with E-state index >= 15 is 0 Å². The highest BCUT2D eigenvalue weighted by Gasteiger charge is 2.13. The Morgan fingerprint density at radius 3 is 2.72 bits per heavy atom. The number of ether oxygens (including phenoxy) is 1. The number of rotatable bonds is 5. The SMILES string of the molecule is CCn1cnc2cc(COC(=O)Nc3sc(-c4ccc(C)cc4)nc3C)ccc21. The van der Waals surface area contributed by atoms with Gasteiger partial charge in [-0.05, 0) is 38.5 Å². The van der Waals surface area contributed by atoms with E-state index < -0.39 is 6.09 Å². The fourth-order valence-corrected chi connectivity index (χ4v) is 4.02. The number of hydrogen-bond donors (Lipinski definition) is 1. The molecule has 0 aliphatic rings. The molecular formula is C22H22N4O2S. The predicted octanol–water partition coefficient (Wildman–Crippen LogP) is 5.55. The van der Waals surface area contributed by atoms with Gasteiger partial charge in [-0.25, -0.2) is 14.8 Å². The summed E-state index contributed by atoms with van der Waals surface area (Å²) >= 11 is 1.44. The van der Waals surface area contributed by atoms with Crippen LogP contribution in [-0.2, 0) is 17.9 Å². The molecule has 4 rings (SSSR count). The van der Waals surface area contributed by atoms with Crippen molar-refractivity contribution in [2.75, 3.05) is 5.32 Å². The molecule has 0 radical (unpaired) electrons. The van der Waals surface area contributed by atoms with Gasteiger partial charge in [0.1, 0.15) is 16.6 Å². The van der Waals surface area contributed by atoms with Crippen LogP contribution in [0.2, 0.25) is 0 Å². The number of nitrogens with zero attached hydrogens (tertiary/aromatic N) is 3. The molecule has 0 fully saturated rings. The van der Waals surface area contributed by atoms with Crippen molar-refractivity contribution >= 4 is 33.5 Å². The van der Waals surface area contributed by atoms with Gasteiger partial charge in [-0.2, -0.15) is 0 Å². The lowest BCUT2D eigenvalue weighted by Crippen LogP contribution is -2.13. The third-order valence-electron chi connectivity index (χ3n) is 4.71. The number of carbonyl (C=O) groups excluding carboxylic acids is 1. The van der Waals surface area contributed by atoms with Crippen LogP contribution in [0.3, 0.4) is 0 Å². The molecule has 0 bridgehead atoms. The van der Waals surface area contributed by atoms with Crippen molar-refractivity contribution in [3.8, 4) is 10.6 Å². The van der Waals surface area contributed by atoms with Crippen LogP contribution in [0.25, 0.3) is 21.6 Å². The van der Waals surface area contributed by atoms with Gasteiger partial charge in [0.25, 0.3) is 0 Å². The number of aryl methyl sites for hydroxylation is 3. The van der Waals surface area contributed by atoms with E-state index in [1.807, 2.05) is 62.6 Å². The van der Waals surface area contributed by atoms with Crippen LogP contribution in [-0.4, -0.2) is 20.6 Å². The lowest BCUT2D eigenvalue weighted by atomic mass is 10.2. The Bertz CT molecular complexity index is 1160. The lowest BCUT2D eigenvalue weighted by molar-refractivity contribution is 0.155. The first-order chi connectivity index (χ1) is 14.0. The predicted molar refractivity (Wildman–Crippen MR) is 116 cm³/mol. The molecule has 2 aromatic heterocycles. The zero-order valence-corrected chi connectivity index (χ0v) is 17.4. The number of thiazole rings is 1. The highest BCUT2D eigenvalue weighted by Crippen LogP contribution is 2.32. The summed E-state index contributed by atoms with van der Waals surface area (Å²) in [7, 11) is 0. The van der Waals surface area contributed by atoms with Crippen LogP contribution in [0.4, 0.5) is 9.80 Å². The van der Waals surface area contributed by atoms with E-state index in [4.69, 9.17) is 4.74 Å². The van der Waals surface area contributed by atoms with Gasteiger partial charge in [0.15, 0.2) is 0 Å². The van der Waals surface area contributed by atoms with Gasteiger partial charge in [-0.15, -0.1) is 0 Å². The van der Waals surface area contributed by atoms with Crippen LogP contribution < -0.4 is 5.32 Å². The molecule has 2 aromatic carbocycles. The first-order valence-corrected chi connectivity index (χ1v) is 10.3. The number of amides is 1. The Hall–Kier alpha value is -3.19. The monoisotopic (exact) mass is 406 g/mol. The Morgan fingerprint density at radius 2 is 1.97 bits per heavy atom. The molecule has 7 heteroatoms. The highest BCUT2D eigenvalue weighted by atomic mass is 32.1. The van der Waals surface area contributed by atoms with Gasteiger partial charge in [0, 0.05) is 12.1 Å². The number of hydrogen-bond acceptors (Lipinski definition) is 5. The van der Waals surface area contributed by atoms with Crippen molar-refractivity contribution in [3.05, 3.63) is 65.6 Å². The number of aromatic nitrogens is 3. The molecule has 0 aliphatic heterocycles. The maximum absolute atomic E-state index is 12.3. The van der Waals surface area contributed by atoms with E-state index in [1.54, 1.807) is 0 Å².